The molecule has 1 saturated heterocycles. The van der Waals surface area contributed by atoms with E-state index in [0.717, 1.165) is 32.3 Å². The molecule has 0 aromatic carbocycles. The molecule has 2 N–H and O–H groups in total. The van der Waals surface area contributed by atoms with Crippen molar-refractivity contribution in [1.29, 1.82) is 0 Å². The fourth-order valence-electron chi connectivity index (χ4n) is 3.13. The number of rotatable bonds is 7. The van der Waals surface area contributed by atoms with Crippen molar-refractivity contribution in [2.75, 3.05) is 26.4 Å². The van der Waals surface area contributed by atoms with E-state index in [0.29, 0.717) is 31.9 Å². The topological polar surface area (TPSA) is 50.7 Å². The molecule has 4 nitrogen and oxygen atoms in total. The highest BCUT2D eigenvalue weighted by Gasteiger charge is 2.49. The van der Waals surface area contributed by atoms with Crippen molar-refractivity contribution >= 4 is 0 Å². The standard InChI is InChI=1S/C16H31NO3/c1-4-5-8-20-14-11-13(15(14,2)3)17-12-16(18)6-9-19-10-7-16/h13-14,17-18H,4-12H2,1-3H3. The van der Waals surface area contributed by atoms with Gasteiger partial charge in [-0.15, -0.1) is 0 Å². The lowest BCUT2D eigenvalue weighted by Crippen LogP contribution is -2.63. The van der Waals surface area contributed by atoms with Crippen LogP contribution in [-0.4, -0.2) is 49.2 Å². The average molecular weight is 285 g/mol. The first-order chi connectivity index (χ1) is 9.48. The number of hydrogen-bond donors (Lipinski definition) is 2. The van der Waals surface area contributed by atoms with Crippen LogP contribution in [0.2, 0.25) is 0 Å². The minimum Gasteiger partial charge on any atom is -0.388 e. The highest BCUT2D eigenvalue weighted by molar-refractivity contribution is 5.03. The highest BCUT2D eigenvalue weighted by Crippen LogP contribution is 2.43. The normalized spacial score (nSPS) is 31.8. The Morgan fingerprint density at radius 1 is 1.30 bits per heavy atom. The summed E-state index contributed by atoms with van der Waals surface area (Å²) in [5.41, 5.74) is -0.419. The van der Waals surface area contributed by atoms with Gasteiger partial charge in [0.25, 0.3) is 0 Å². The lowest BCUT2D eigenvalue weighted by molar-refractivity contribution is -0.126. The number of nitrogens with one attached hydrogen (secondary N) is 1. The van der Waals surface area contributed by atoms with Crippen molar-refractivity contribution < 1.29 is 14.6 Å². The van der Waals surface area contributed by atoms with Crippen molar-refractivity contribution in [3.63, 3.8) is 0 Å². The van der Waals surface area contributed by atoms with Crippen LogP contribution in [0.3, 0.4) is 0 Å². The number of hydrogen-bond acceptors (Lipinski definition) is 4. The Kier molecular flexibility index (Phi) is 5.46. The third-order valence-electron chi connectivity index (χ3n) is 5.10. The zero-order valence-electron chi connectivity index (χ0n) is 13.3. The van der Waals surface area contributed by atoms with Crippen molar-refractivity contribution in [2.24, 2.45) is 5.41 Å². The predicted octanol–water partition coefficient (Wildman–Crippen LogP) is 2.10. The molecule has 2 atom stereocenters. The molecule has 1 saturated carbocycles. The first-order valence-electron chi connectivity index (χ1n) is 8.13. The Bertz CT molecular complexity index is 300. The summed E-state index contributed by atoms with van der Waals surface area (Å²) in [6.45, 7) is 9.61. The van der Waals surface area contributed by atoms with Gasteiger partial charge in [-0.2, -0.15) is 0 Å². The van der Waals surface area contributed by atoms with Gasteiger partial charge in [0.1, 0.15) is 0 Å². The van der Waals surface area contributed by atoms with Crippen LogP contribution < -0.4 is 5.32 Å². The van der Waals surface area contributed by atoms with Gasteiger partial charge in [-0.1, -0.05) is 27.2 Å². The fourth-order valence-corrected chi connectivity index (χ4v) is 3.13. The summed E-state index contributed by atoms with van der Waals surface area (Å²) in [5.74, 6) is 0. The van der Waals surface area contributed by atoms with Gasteiger partial charge in [-0.25, -0.2) is 0 Å². The molecule has 1 heterocycles. The van der Waals surface area contributed by atoms with Crippen LogP contribution in [0.4, 0.5) is 0 Å². The van der Waals surface area contributed by atoms with Crippen molar-refractivity contribution in [2.45, 2.75) is 70.6 Å². The Morgan fingerprint density at radius 2 is 2.00 bits per heavy atom. The minimum absolute atomic E-state index is 0.162. The van der Waals surface area contributed by atoms with E-state index in [1.807, 2.05) is 0 Å². The Morgan fingerprint density at radius 3 is 2.60 bits per heavy atom. The second kappa shape index (κ2) is 6.73. The summed E-state index contributed by atoms with van der Waals surface area (Å²) in [6.07, 6.45) is 5.22. The average Bonchev–Trinajstić information content (AvgIpc) is 2.42. The van der Waals surface area contributed by atoms with Crippen LogP contribution in [0, 0.1) is 5.41 Å². The molecule has 0 aromatic rings. The van der Waals surface area contributed by atoms with Gasteiger partial charge in [0.15, 0.2) is 0 Å². The van der Waals surface area contributed by atoms with Crippen LogP contribution >= 0.6 is 0 Å². The largest absolute Gasteiger partial charge is 0.388 e. The van der Waals surface area contributed by atoms with E-state index in [-0.39, 0.29) is 5.41 Å². The molecule has 1 aliphatic carbocycles. The summed E-state index contributed by atoms with van der Waals surface area (Å²) in [7, 11) is 0. The van der Waals surface area contributed by atoms with Gasteiger partial charge in [0.05, 0.1) is 11.7 Å². The van der Waals surface area contributed by atoms with Crippen LogP contribution in [0.15, 0.2) is 0 Å². The molecule has 2 aliphatic rings. The fraction of sp³-hybridized carbons (Fsp3) is 1.00. The van der Waals surface area contributed by atoms with Crippen molar-refractivity contribution in [1.82, 2.24) is 5.32 Å². The van der Waals surface area contributed by atoms with Crippen LogP contribution in [0.5, 0.6) is 0 Å². The molecule has 2 unspecified atom stereocenters. The van der Waals surface area contributed by atoms with Crippen LogP contribution in [-0.2, 0) is 9.47 Å². The molecule has 2 rings (SSSR count). The van der Waals surface area contributed by atoms with E-state index in [2.05, 4.69) is 26.1 Å². The van der Waals surface area contributed by atoms with Gasteiger partial charge < -0.3 is 19.9 Å². The summed E-state index contributed by atoms with van der Waals surface area (Å²) in [6, 6.07) is 0.445. The predicted molar refractivity (Wildman–Crippen MR) is 79.8 cm³/mol. The monoisotopic (exact) mass is 285 g/mol. The molecule has 4 heteroatoms. The van der Waals surface area contributed by atoms with Gasteiger partial charge in [-0.05, 0) is 12.8 Å². The van der Waals surface area contributed by atoms with Crippen LogP contribution in [0.1, 0.15) is 52.9 Å². The Labute approximate surface area is 123 Å². The van der Waals surface area contributed by atoms with Gasteiger partial charge in [0, 0.05) is 50.7 Å². The van der Waals surface area contributed by atoms with Gasteiger partial charge in [-0.3, -0.25) is 0 Å². The van der Waals surface area contributed by atoms with Crippen molar-refractivity contribution in [3.05, 3.63) is 0 Å². The molecule has 2 fully saturated rings. The summed E-state index contributed by atoms with van der Waals surface area (Å²) in [4.78, 5) is 0. The zero-order chi connectivity index (χ0) is 14.6. The molecule has 0 aromatic heterocycles. The van der Waals surface area contributed by atoms with E-state index in [4.69, 9.17) is 9.47 Å². The van der Waals surface area contributed by atoms with Crippen LogP contribution in [0.25, 0.3) is 0 Å². The Hall–Kier alpha value is -0.160. The number of ether oxygens (including phenoxy) is 2. The number of aliphatic hydroxyl groups is 1. The maximum atomic E-state index is 10.5. The van der Waals surface area contributed by atoms with Crippen molar-refractivity contribution in [3.8, 4) is 0 Å². The molecule has 0 radical (unpaired) electrons. The second-order valence-electron chi connectivity index (χ2n) is 7.04. The van der Waals surface area contributed by atoms with E-state index in [9.17, 15) is 5.11 Å². The van der Waals surface area contributed by atoms with E-state index >= 15 is 0 Å². The third kappa shape index (κ3) is 3.73. The van der Waals surface area contributed by atoms with Gasteiger partial charge >= 0.3 is 0 Å². The molecule has 1 aliphatic heterocycles. The van der Waals surface area contributed by atoms with E-state index in [1.165, 1.54) is 6.42 Å². The lowest BCUT2D eigenvalue weighted by atomic mass is 9.64. The summed E-state index contributed by atoms with van der Waals surface area (Å²) >= 11 is 0. The highest BCUT2D eigenvalue weighted by atomic mass is 16.5. The molecule has 118 valence electrons. The maximum absolute atomic E-state index is 10.5. The summed E-state index contributed by atoms with van der Waals surface area (Å²) < 4.78 is 11.3. The third-order valence-corrected chi connectivity index (χ3v) is 5.10. The second-order valence-corrected chi connectivity index (χ2v) is 7.04. The lowest BCUT2D eigenvalue weighted by Gasteiger charge is -2.52. The summed E-state index contributed by atoms with van der Waals surface area (Å²) in [5, 5.41) is 14.0. The maximum Gasteiger partial charge on any atom is 0.0815 e. The molecule has 0 bridgehead atoms. The molecular weight excluding hydrogens is 254 g/mol. The van der Waals surface area contributed by atoms with Gasteiger partial charge in [0.2, 0.25) is 0 Å². The minimum atomic E-state index is -0.581. The molecular formula is C16H31NO3. The number of unbranched alkanes of at least 4 members (excludes halogenated alkanes) is 1. The first kappa shape index (κ1) is 16.2. The molecule has 0 amide bonds. The Balaban J connectivity index is 1.72. The smallest absolute Gasteiger partial charge is 0.0815 e. The molecule has 0 spiro atoms. The van der Waals surface area contributed by atoms with E-state index in [1.54, 1.807) is 0 Å². The first-order valence-corrected chi connectivity index (χ1v) is 8.13. The SMILES string of the molecule is CCCCOC1CC(NCC2(O)CCOCC2)C1(C)C. The quantitative estimate of drug-likeness (QED) is 0.703. The van der Waals surface area contributed by atoms with E-state index < -0.39 is 5.60 Å². The zero-order valence-corrected chi connectivity index (χ0v) is 13.3. The molecule has 20 heavy (non-hydrogen) atoms.